The fourth-order valence-electron chi connectivity index (χ4n) is 0.555. The average molecular weight is 213 g/mol. The van der Waals surface area contributed by atoms with Gasteiger partial charge in [-0.05, 0) is 26.2 Å². The first-order valence-corrected chi connectivity index (χ1v) is 4.59. The summed E-state index contributed by atoms with van der Waals surface area (Å²) in [4.78, 5) is 0.554. The molecule has 0 heterocycles. The number of rotatable bonds is 4. The van der Waals surface area contributed by atoms with E-state index in [0.717, 1.165) is 19.3 Å². The van der Waals surface area contributed by atoms with Crippen molar-refractivity contribution in [3.63, 3.8) is 0 Å². The van der Waals surface area contributed by atoms with Crippen LogP contribution >= 0.6 is 27.5 Å². The van der Waals surface area contributed by atoms with Crippen molar-refractivity contribution in [2.24, 2.45) is 0 Å². The summed E-state index contributed by atoms with van der Waals surface area (Å²) in [7, 11) is 0. The van der Waals surface area contributed by atoms with Crippen molar-refractivity contribution in [3.8, 4) is 0 Å². The molecule has 0 aromatic carbocycles. The van der Waals surface area contributed by atoms with Crippen LogP contribution in [0, 0.1) is 6.92 Å². The topological polar surface area (TPSA) is 0 Å². The fraction of sp³-hybridized carbons (Fsp3) is 0.857. The Morgan fingerprint density at radius 3 is 2.44 bits per heavy atom. The second-order valence-corrected chi connectivity index (χ2v) is 4.28. The lowest BCUT2D eigenvalue weighted by Gasteiger charge is -2.06. The monoisotopic (exact) mass is 211 g/mol. The zero-order chi connectivity index (χ0) is 7.28. The van der Waals surface area contributed by atoms with E-state index in [-0.39, 0.29) is 0 Å². The van der Waals surface area contributed by atoms with Gasteiger partial charge in [-0.25, -0.2) is 0 Å². The smallest absolute Gasteiger partial charge is 0.0308 e. The van der Waals surface area contributed by atoms with Crippen LogP contribution in [0.4, 0.5) is 0 Å². The lowest BCUT2D eigenvalue weighted by Crippen LogP contribution is -1.99. The summed E-state index contributed by atoms with van der Waals surface area (Å²) in [5, 5.41) is 0.302. The van der Waals surface area contributed by atoms with E-state index in [2.05, 4.69) is 22.9 Å². The molecule has 0 nitrogen and oxygen atoms in total. The zero-order valence-electron chi connectivity index (χ0n) is 5.74. The average Bonchev–Trinajstić information content (AvgIpc) is 1.83. The molecular weight excluding hydrogens is 199 g/mol. The van der Waals surface area contributed by atoms with Crippen LogP contribution in [0.5, 0.6) is 0 Å². The Hall–Kier alpha value is 0.770. The van der Waals surface area contributed by atoms with Crippen molar-refractivity contribution in [3.05, 3.63) is 6.92 Å². The quantitative estimate of drug-likeness (QED) is 0.627. The van der Waals surface area contributed by atoms with Crippen LogP contribution in [0.3, 0.4) is 0 Å². The highest BCUT2D eigenvalue weighted by atomic mass is 79.9. The molecule has 2 atom stereocenters. The van der Waals surface area contributed by atoms with Crippen molar-refractivity contribution in [1.29, 1.82) is 0 Å². The van der Waals surface area contributed by atoms with Gasteiger partial charge >= 0.3 is 0 Å². The Bertz CT molecular complexity index is 63.9. The predicted molar refractivity (Wildman–Crippen MR) is 47.2 cm³/mol. The Morgan fingerprint density at radius 2 is 2.11 bits per heavy atom. The summed E-state index contributed by atoms with van der Waals surface area (Å²) < 4.78 is 0. The second-order valence-electron chi connectivity index (χ2n) is 2.24. The standard InChI is InChI=1S/C7H13BrCl/c1-3-7(8)5-4-6(2)9/h6-7H,1,3-5H2,2H3. The first-order valence-electron chi connectivity index (χ1n) is 3.24. The molecule has 0 aromatic heterocycles. The lowest BCUT2D eigenvalue weighted by atomic mass is 10.2. The van der Waals surface area contributed by atoms with Crippen LogP contribution in [0.25, 0.3) is 0 Å². The molecule has 0 saturated carbocycles. The second kappa shape index (κ2) is 5.55. The summed E-state index contributed by atoms with van der Waals surface area (Å²) >= 11 is 9.22. The van der Waals surface area contributed by atoms with Gasteiger partial charge in [-0.1, -0.05) is 22.9 Å². The summed E-state index contributed by atoms with van der Waals surface area (Å²) in [6.45, 7) is 5.79. The van der Waals surface area contributed by atoms with E-state index >= 15 is 0 Å². The Morgan fingerprint density at radius 1 is 1.56 bits per heavy atom. The molecule has 55 valence electrons. The van der Waals surface area contributed by atoms with Crippen molar-refractivity contribution in [2.75, 3.05) is 0 Å². The van der Waals surface area contributed by atoms with Gasteiger partial charge in [0.2, 0.25) is 0 Å². The van der Waals surface area contributed by atoms with E-state index in [4.69, 9.17) is 11.6 Å². The molecule has 0 aliphatic rings. The largest absolute Gasteiger partial charge is 0.123 e. The van der Waals surface area contributed by atoms with Crippen LogP contribution in [-0.4, -0.2) is 10.2 Å². The molecule has 0 aliphatic carbocycles. The van der Waals surface area contributed by atoms with Gasteiger partial charge < -0.3 is 0 Å². The Labute approximate surface area is 71.1 Å². The molecule has 9 heavy (non-hydrogen) atoms. The SMILES string of the molecule is [CH2]CC(Br)CCC(C)Cl. The molecule has 2 unspecified atom stereocenters. The van der Waals surface area contributed by atoms with Gasteiger partial charge in [0.25, 0.3) is 0 Å². The molecule has 0 aromatic rings. The van der Waals surface area contributed by atoms with Crippen molar-refractivity contribution >= 4 is 27.5 Å². The summed E-state index contributed by atoms with van der Waals surface area (Å²) in [5.41, 5.74) is 0. The van der Waals surface area contributed by atoms with Gasteiger partial charge in [0.15, 0.2) is 0 Å². The highest BCUT2D eigenvalue weighted by molar-refractivity contribution is 9.09. The van der Waals surface area contributed by atoms with E-state index in [1.165, 1.54) is 0 Å². The van der Waals surface area contributed by atoms with E-state index < -0.39 is 0 Å². The summed E-state index contributed by atoms with van der Waals surface area (Å²) in [6, 6.07) is 0. The molecule has 0 bridgehead atoms. The predicted octanol–water partition coefficient (Wildman–Crippen LogP) is 3.38. The molecule has 0 N–H and O–H groups in total. The van der Waals surface area contributed by atoms with Crippen LogP contribution in [-0.2, 0) is 0 Å². The maximum atomic E-state index is 5.74. The van der Waals surface area contributed by atoms with Gasteiger partial charge in [-0.15, -0.1) is 11.6 Å². The third-order valence-corrected chi connectivity index (χ3v) is 2.32. The van der Waals surface area contributed by atoms with Crippen molar-refractivity contribution < 1.29 is 0 Å². The molecular formula is C7H13BrCl. The molecule has 0 aliphatic heterocycles. The first kappa shape index (κ1) is 9.77. The highest BCUT2D eigenvalue weighted by Gasteiger charge is 2.02. The van der Waals surface area contributed by atoms with Crippen molar-refractivity contribution in [1.82, 2.24) is 0 Å². The fourth-order valence-corrected chi connectivity index (χ4v) is 0.945. The highest BCUT2D eigenvalue weighted by Crippen LogP contribution is 2.14. The zero-order valence-corrected chi connectivity index (χ0v) is 8.08. The van der Waals surface area contributed by atoms with E-state index in [1.807, 2.05) is 6.92 Å². The molecule has 2 heteroatoms. The number of hydrogen-bond acceptors (Lipinski definition) is 0. The first-order chi connectivity index (χ1) is 4.16. The molecule has 0 rings (SSSR count). The third kappa shape index (κ3) is 6.66. The molecule has 0 fully saturated rings. The molecule has 0 spiro atoms. The summed E-state index contributed by atoms with van der Waals surface area (Å²) in [5.74, 6) is 0. The lowest BCUT2D eigenvalue weighted by molar-refractivity contribution is 0.699. The number of halogens is 2. The number of alkyl halides is 2. The van der Waals surface area contributed by atoms with Crippen LogP contribution in [0.15, 0.2) is 0 Å². The van der Waals surface area contributed by atoms with Gasteiger partial charge in [-0.3, -0.25) is 0 Å². The Balaban J connectivity index is 3.06. The van der Waals surface area contributed by atoms with Gasteiger partial charge in [0.1, 0.15) is 0 Å². The van der Waals surface area contributed by atoms with Crippen molar-refractivity contribution in [2.45, 2.75) is 36.4 Å². The summed E-state index contributed by atoms with van der Waals surface area (Å²) in [6.07, 6.45) is 3.16. The third-order valence-electron chi connectivity index (χ3n) is 1.19. The van der Waals surface area contributed by atoms with Crippen LogP contribution < -0.4 is 0 Å². The van der Waals surface area contributed by atoms with E-state index in [9.17, 15) is 0 Å². The van der Waals surface area contributed by atoms with E-state index in [1.54, 1.807) is 0 Å². The number of hydrogen-bond donors (Lipinski definition) is 0. The van der Waals surface area contributed by atoms with Crippen LogP contribution in [0.1, 0.15) is 26.2 Å². The van der Waals surface area contributed by atoms with Gasteiger partial charge in [0, 0.05) is 10.2 Å². The molecule has 1 radical (unpaired) electrons. The minimum Gasteiger partial charge on any atom is -0.123 e. The normalized spacial score (nSPS) is 17.3. The van der Waals surface area contributed by atoms with E-state index in [0.29, 0.717) is 10.2 Å². The minimum absolute atomic E-state index is 0.302. The minimum atomic E-state index is 0.302. The molecule has 0 amide bonds. The van der Waals surface area contributed by atoms with Gasteiger partial charge in [0.05, 0.1) is 0 Å². The maximum absolute atomic E-state index is 5.74. The Kier molecular flexibility index (Phi) is 6.02. The molecule has 0 saturated heterocycles. The maximum Gasteiger partial charge on any atom is 0.0308 e. The van der Waals surface area contributed by atoms with Gasteiger partial charge in [-0.2, -0.15) is 0 Å². The van der Waals surface area contributed by atoms with Crippen LogP contribution in [0.2, 0.25) is 0 Å².